The average Bonchev–Trinajstić information content (AvgIpc) is 2.42. The fourth-order valence-electron chi connectivity index (χ4n) is 0.524. The largest absolute Gasteiger partial charge is 0.0991 e. The summed E-state index contributed by atoms with van der Waals surface area (Å²) in [4.78, 5) is 0. The summed E-state index contributed by atoms with van der Waals surface area (Å²) < 4.78 is 0. The molecule has 7 heavy (non-hydrogen) atoms. The van der Waals surface area contributed by atoms with Crippen LogP contribution in [0.15, 0.2) is 24.8 Å². The lowest BCUT2D eigenvalue weighted by Gasteiger charge is -1.71. The molecule has 0 nitrogen and oxygen atoms in total. The van der Waals surface area contributed by atoms with Gasteiger partial charge in [0.1, 0.15) is 0 Å². The Bertz CT molecular complexity index is 86.2. The van der Waals surface area contributed by atoms with Crippen LogP contribution in [0.4, 0.5) is 0 Å². The summed E-state index contributed by atoms with van der Waals surface area (Å²) in [6, 6.07) is 0. The highest BCUT2D eigenvalue weighted by Gasteiger charge is 2.16. The normalized spacial score (nSPS) is 20.6. The van der Waals surface area contributed by atoms with Gasteiger partial charge in [-0.1, -0.05) is 24.8 Å². The molecule has 1 rings (SSSR count). The van der Waals surface area contributed by atoms with E-state index in [9.17, 15) is 0 Å². The van der Waals surface area contributed by atoms with Crippen LogP contribution in [0.5, 0.6) is 0 Å². The molecule has 0 saturated heterocycles. The molecule has 0 spiro atoms. The van der Waals surface area contributed by atoms with Crippen LogP contribution < -0.4 is 0 Å². The summed E-state index contributed by atoms with van der Waals surface area (Å²) >= 11 is 0. The van der Waals surface area contributed by atoms with E-state index < -0.39 is 0 Å². The third-order valence-corrected chi connectivity index (χ3v) is 1.14. The number of rotatable bonds is 2. The maximum absolute atomic E-state index is 3.57. The van der Waals surface area contributed by atoms with E-state index in [1.165, 1.54) is 12.8 Å². The van der Waals surface area contributed by atoms with Crippen LogP contribution in [-0.2, 0) is 0 Å². The van der Waals surface area contributed by atoms with Crippen molar-refractivity contribution >= 4 is 0 Å². The molecule has 38 valence electrons. The fourth-order valence-corrected chi connectivity index (χ4v) is 0.524. The highest BCUT2D eigenvalue weighted by atomic mass is 14.2. The van der Waals surface area contributed by atoms with Crippen LogP contribution in [0, 0.1) is 5.92 Å². The van der Waals surface area contributed by atoms with Crippen molar-refractivity contribution in [3.8, 4) is 0 Å². The SMILES string of the molecule is C=C/C=C/C1CC1. The van der Waals surface area contributed by atoms with Crippen LogP contribution in [0.3, 0.4) is 0 Å². The van der Waals surface area contributed by atoms with Gasteiger partial charge in [0.05, 0.1) is 0 Å². The minimum atomic E-state index is 0.901. The molecule has 0 aromatic rings. The topological polar surface area (TPSA) is 0 Å². The Hall–Kier alpha value is -0.520. The van der Waals surface area contributed by atoms with Gasteiger partial charge in [0, 0.05) is 0 Å². The number of hydrogen-bond donors (Lipinski definition) is 0. The molecule has 1 fully saturated rings. The van der Waals surface area contributed by atoms with Gasteiger partial charge in [-0.3, -0.25) is 0 Å². The Morgan fingerprint density at radius 1 is 1.43 bits per heavy atom. The minimum absolute atomic E-state index is 0.901. The number of hydrogen-bond acceptors (Lipinski definition) is 0. The van der Waals surface area contributed by atoms with Gasteiger partial charge >= 0.3 is 0 Å². The predicted octanol–water partition coefficient (Wildman–Crippen LogP) is 2.14. The lowest BCUT2D eigenvalue weighted by atomic mass is 10.4. The number of allylic oxidation sites excluding steroid dienone is 3. The van der Waals surface area contributed by atoms with Gasteiger partial charge in [0.25, 0.3) is 0 Å². The quantitative estimate of drug-likeness (QED) is 0.460. The summed E-state index contributed by atoms with van der Waals surface area (Å²) in [5.41, 5.74) is 0. The first-order valence-corrected chi connectivity index (χ1v) is 2.72. The van der Waals surface area contributed by atoms with Crippen molar-refractivity contribution in [3.63, 3.8) is 0 Å². The van der Waals surface area contributed by atoms with E-state index in [1.807, 2.05) is 12.2 Å². The molecule has 0 unspecified atom stereocenters. The lowest BCUT2D eigenvalue weighted by Crippen LogP contribution is -1.56. The van der Waals surface area contributed by atoms with Gasteiger partial charge in [0.2, 0.25) is 0 Å². The molecule has 1 aliphatic carbocycles. The van der Waals surface area contributed by atoms with Crippen molar-refractivity contribution in [2.24, 2.45) is 5.92 Å². The van der Waals surface area contributed by atoms with Crippen molar-refractivity contribution < 1.29 is 0 Å². The molecule has 1 saturated carbocycles. The maximum Gasteiger partial charge on any atom is -0.0230 e. The Balaban J connectivity index is 2.17. The van der Waals surface area contributed by atoms with Crippen molar-refractivity contribution in [2.75, 3.05) is 0 Å². The van der Waals surface area contributed by atoms with Crippen LogP contribution in [0.25, 0.3) is 0 Å². The van der Waals surface area contributed by atoms with Crippen LogP contribution in [0.1, 0.15) is 12.8 Å². The van der Waals surface area contributed by atoms with E-state index in [2.05, 4.69) is 12.7 Å². The third kappa shape index (κ3) is 1.58. The Kier molecular flexibility index (Phi) is 1.30. The lowest BCUT2D eigenvalue weighted by molar-refractivity contribution is 1.12. The van der Waals surface area contributed by atoms with E-state index in [1.54, 1.807) is 0 Å². The first-order valence-electron chi connectivity index (χ1n) is 2.72. The van der Waals surface area contributed by atoms with Crippen molar-refractivity contribution in [1.29, 1.82) is 0 Å². The molecule has 0 atom stereocenters. The predicted molar refractivity (Wildman–Crippen MR) is 32.1 cm³/mol. The van der Waals surface area contributed by atoms with Gasteiger partial charge < -0.3 is 0 Å². The van der Waals surface area contributed by atoms with Gasteiger partial charge in [-0.25, -0.2) is 0 Å². The Labute approximate surface area is 44.5 Å². The van der Waals surface area contributed by atoms with E-state index >= 15 is 0 Å². The Morgan fingerprint density at radius 2 is 2.14 bits per heavy atom. The highest BCUT2D eigenvalue weighted by Crippen LogP contribution is 2.29. The molecule has 0 aromatic carbocycles. The molecule has 0 aliphatic heterocycles. The van der Waals surface area contributed by atoms with E-state index in [0.717, 1.165) is 5.92 Å². The smallest absolute Gasteiger partial charge is 0.0230 e. The molecular formula is C7H10. The average molecular weight is 94.2 g/mol. The Morgan fingerprint density at radius 3 is 2.57 bits per heavy atom. The van der Waals surface area contributed by atoms with E-state index in [-0.39, 0.29) is 0 Å². The second-order valence-corrected chi connectivity index (χ2v) is 1.96. The highest BCUT2D eigenvalue weighted by molar-refractivity contribution is 5.03. The van der Waals surface area contributed by atoms with E-state index in [4.69, 9.17) is 0 Å². The molecule has 0 aromatic heterocycles. The molecular weight excluding hydrogens is 84.1 g/mol. The molecule has 1 aliphatic rings. The maximum atomic E-state index is 3.57. The van der Waals surface area contributed by atoms with Crippen molar-refractivity contribution in [1.82, 2.24) is 0 Å². The van der Waals surface area contributed by atoms with Crippen molar-refractivity contribution in [2.45, 2.75) is 12.8 Å². The van der Waals surface area contributed by atoms with Crippen molar-refractivity contribution in [3.05, 3.63) is 24.8 Å². The first-order chi connectivity index (χ1) is 3.43. The second-order valence-electron chi connectivity index (χ2n) is 1.96. The zero-order chi connectivity index (χ0) is 5.11. The van der Waals surface area contributed by atoms with Crippen LogP contribution in [-0.4, -0.2) is 0 Å². The summed E-state index contributed by atoms with van der Waals surface area (Å²) in [7, 11) is 0. The van der Waals surface area contributed by atoms with E-state index in [0.29, 0.717) is 0 Å². The van der Waals surface area contributed by atoms with Gasteiger partial charge in [-0.2, -0.15) is 0 Å². The molecule has 0 N–H and O–H groups in total. The molecule has 0 radical (unpaired) electrons. The van der Waals surface area contributed by atoms with Gasteiger partial charge in [0.15, 0.2) is 0 Å². The monoisotopic (exact) mass is 94.1 g/mol. The third-order valence-electron chi connectivity index (χ3n) is 1.14. The molecule has 0 heteroatoms. The second kappa shape index (κ2) is 1.97. The van der Waals surface area contributed by atoms with Gasteiger partial charge in [-0.05, 0) is 18.8 Å². The summed E-state index contributed by atoms with van der Waals surface area (Å²) in [5.74, 6) is 0.901. The first kappa shape index (κ1) is 4.63. The summed E-state index contributed by atoms with van der Waals surface area (Å²) in [6.07, 6.45) is 8.86. The molecule has 0 heterocycles. The minimum Gasteiger partial charge on any atom is -0.0991 e. The summed E-state index contributed by atoms with van der Waals surface area (Å²) in [6.45, 7) is 3.57. The van der Waals surface area contributed by atoms with Crippen LogP contribution in [0.2, 0.25) is 0 Å². The molecule has 0 amide bonds. The zero-order valence-electron chi connectivity index (χ0n) is 4.43. The molecule has 0 bridgehead atoms. The van der Waals surface area contributed by atoms with Crippen LogP contribution >= 0.6 is 0 Å². The fraction of sp³-hybridized carbons (Fsp3) is 0.429. The zero-order valence-corrected chi connectivity index (χ0v) is 4.43. The summed E-state index contributed by atoms with van der Waals surface area (Å²) in [5, 5.41) is 0. The van der Waals surface area contributed by atoms with Gasteiger partial charge in [-0.15, -0.1) is 0 Å². The standard InChI is InChI=1S/C7H10/c1-2-3-4-7-5-6-7/h2-4,7H,1,5-6H2/b4-3+.